The van der Waals surface area contributed by atoms with Crippen molar-refractivity contribution in [2.75, 3.05) is 32.7 Å². The lowest BCUT2D eigenvalue weighted by molar-refractivity contribution is -0.122. The van der Waals surface area contributed by atoms with Gasteiger partial charge in [-0.15, -0.1) is 12.4 Å². The minimum Gasteiger partial charge on any atom is -0.355 e. The van der Waals surface area contributed by atoms with Crippen LogP contribution in [0.15, 0.2) is 24.3 Å². The zero-order valence-corrected chi connectivity index (χ0v) is 16.2. The number of carbonyl (C=O) groups excluding carboxylic acids is 1. The Balaban J connectivity index is 0.00000288. The molecule has 1 aromatic rings. The van der Waals surface area contributed by atoms with Crippen molar-refractivity contribution in [1.29, 1.82) is 0 Å². The first-order chi connectivity index (χ1) is 10.9. The SMILES string of the molecule is C[C@@H]1CNCCN1CC(=O)NCCc1ccc(C(C)(C)C)cc1.Cl. The molecular formula is C19H32ClN3O. The summed E-state index contributed by atoms with van der Waals surface area (Å²) in [4.78, 5) is 14.3. The van der Waals surface area contributed by atoms with Crippen LogP contribution in [0.4, 0.5) is 0 Å². The number of piperazine rings is 1. The number of nitrogens with one attached hydrogen (secondary N) is 2. The second-order valence-corrected chi connectivity index (χ2v) is 7.57. The molecule has 2 rings (SSSR count). The molecule has 1 aliphatic heterocycles. The summed E-state index contributed by atoms with van der Waals surface area (Å²) in [5.74, 6) is 0.130. The van der Waals surface area contributed by atoms with Crippen LogP contribution in [0.1, 0.15) is 38.8 Å². The van der Waals surface area contributed by atoms with Gasteiger partial charge in [0, 0.05) is 32.2 Å². The quantitative estimate of drug-likeness (QED) is 0.854. The van der Waals surface area contributed by atoms with Crippen LogP contribution < -0.4 is 10.6 Å². The molecule has 136 valence electrons. The van der Waals surface area contributed by atoms with Gasteiger partial charge in [-0.2, -0.15) is 0 Å². The second kappa shape index (κ2) is 9.40. The fourth-order valence-electron chi connectivity index (χ4n) is 2.88. The first kappa shape index (κ1) is 20.9. The lowest BCUT2D eigenvalue weighted by Gasteiger charge is -2.33. The summed E-state index contributed by atoms with van der Waals surface area (Å²) in [7, 11) is 0. The molecule has 24 heavy (non-hydrogen) atoms. The number of benzene rings is 1. The van der Waals surface area contributed by atoms with Gasteiger partial charge in [0.15, 0.2) is 0 Å². The minimum atomic E-state index is 0. The average Bonchev–Trinajstić information content (AvgIpc) is 2.49. The van der Waals surface area contributed by atoms with Crippen LogP contribution in [-0.2, 0) is 16.6 Å². The summed E-state index contributed by atoms with van der Waals surface area (Å²) in [6.07, 6.45) is 0.882. The number of rotatable bonds is 5. The maximum Gasteiger partial charge on any atom is 0.234 e. The van der Waals surface area contributed by atoms with Crippen molar-refractivity contribution in [2.45, 2.75) is 45.6 Å². The van der Waals surface area contributed by atoms with Gasteiger partial charge < -0.3 is 10.6 Å². The fourth-order valence-corrected chi connectivity index (χ4v) is 2.88. The number of carbonyl (C=O) groups is 1. The van der Waals surface area contributed by atoms with E-state index in [2.05, 4.69) is 67.5 Å². The van der Waals surface area contributed by atoms with Crippen LogP contribution in [0.3, 0.4) is 0 Å². The highest BCUT2D eigenvalue weighted by atomic mass is 35.5. The lowest BCUT2D eigenvalue weighted by atomic mass is 9.86. The largest absolute Gasteiger partial charge is 0.355 e. The zero-order valence-electron chi connectivity index (χ0n) is 15.4. The third-order valence-electron chi connectivity index (χ3n) is 4.54. The van der Waals surface area contributed by atoms with E-state index in [0.29, 0.717) is 19.1 Å². The van der Waals surface area contributed by atoms with E-state index < -0.39 is 0 Å². The molecular weight excluding hydrogens is 322 g/mol. The molecule has 0 spiro atoms. The van der Waals surface area contributed by atoms with Crippen LogP contribution in [0.5, 0.6) is 0 Å². The predicted octanol–water partition coefficient (Wildman–Crippen LogP) is 2.36. The average molecular weight is 354 g/mol. The van der Waals surface area contributed by atoms with E-state index in [1.165, 1.54) is 11.1 Å². The molecule has 0 bridgehead atoms. The van der Waals surface area contributed by atoms with Crippen LogP contribution in [0.2, 0.25) is 0 Å². The summed E-state index contributed by atoms with van der Waals surface area (Å²) >= 11 is 0. The highest BCUT2D eigenvalue weighted by Gasteiger charge is 2.19. The molecule has 2 N–H and O–H groups in total. The van der Waals surface area contributed by atoms with Gasteiger partial charge in [-0.1, -0.05) is 45.0 Å². The Morgan fingerprint density at radius 2 is 1.96 bits per heavy atom. The van der Waals surface area contributed by atoms with Crippen molar-refractivity contribution < 1.29 is 4.79 Å². The molecule has 1 saturated heterocycles. The van der Waals surface area contributed by atoms with E-state index in [1.807, 2.05) is 0 Å². The molecule has 0 radical (unpaired) electrons. The summed E-state index contributed by atoms with van der Waals surface area (Å²) < 4.78 is 0. The molecule has 0 saturated carbocycles. The molecule has 0 aromatic heterocycles. The van der Waals surface area contributed by atoms with Crippen molar-refractivity contribution in [2.24, 2.45) is 0 Å². The van der Waals surface area contributed by atoms with Crippen LogP contribution in [0, 0.1) is 0 Å². The molecule has 1 atom stereocenters. The van der Waals surface area contributed by atoms with Gasteiger partial charge in [0.1, 0.15) is 0 Å². The highest BCUT2D eigenvalue weighted by molar-refractivity contribution is 5.85. The number of nitrogens with zero attached hydrogens (tertiary/aromatic N) is 1. The molecule has 0 aliphatic carbocycles. The summed E-state index contributed by atoms with van der Waals surface area (Å²) in [6.45, 7) is 12.9. The second-order valence-electron chi connectivity index (χ2n) is 7.57. The summed E-state index contributed by atoms with van der Waals surface area (Å²) in [6, 6.07) is 9.16. The Labute approximate surface area is 152 Å². The topological polar surface area (TPSA) is 44.4 Å². The highest BCUT2D eigenvalue weighted by Crippen LogP contribution is 2.22. The van der Waals surface area contributed by atoms with E-state index in [0.717, 1.165) is 26.1 Å². The molecule has 1 amide bonds. The first-order valence-electron chi connectivity index (χ1n) is 8.67. The van der Waals surface area contributed by atoms with E-state index >= 15 is 0 Å². The van der Waals surface area contributed by atoms with Gasteiger partial charge in [-0.25, -0.2) is 0 Å². The van der Waals surface area contributed by atoms with Gasteiger partial charge in [-0.05, 0) is 29.9 Å². The smallest absolute Gasteiger partial charge is 0.234 e. The van der Waals surface area contributed by atoms with Crippen molar-refractivity contribution in [1.82, 2.24) is 15.5 Å². The number of halogens is 1. The number of hydrogen-bond donors (Lipinski definition) is 2. The first-order valence-corrected chi connectivity index (χ1v) is 8.67. The van der Waals surface area contributed by atoms with Gasteiger partial charge in [0.05, 0.1) is 6.54 Å². The lowest BCUT2D eigenvalue weighted by Crippen LogP contribution is -2.52. The third-order valence-corrected chi connectivity index (χ3v) is 4.54. The van der Waals surface area contributed by atoms with E-state index in [-0.39, 0.29) is 23.7 Å². The van der Waals surface area contributed by atoms with Crippen molar-refractivity contribution >= 4 is 18.3 Å². The monoisotopic (exact) mass is 353 g/mol. The van der Waals surface area contributed by atoms with Gasteiger partial charge in [0.25, 0.3) is 0 Å². The van der Waals surface area contributed by atoms with E-state index in [9.17, 15) is 4.79 Å². The van der Waals surface area contributed by atoms with Gasteiger partial charge in [0.2, 0.25) is 5.91 Å². The van der Waals surface area contributed by atoms with E-state index in [1.54, 1.807) is 0 Å². The van der Waals surface area contributed by atoms with Gasteiger partial charge in [-0.3, -0.25) is 9.69 Å². The molecule has 1 fully saturated rings. The van der Waals surface area contributed by atoms with Crippen LogP contribution in [-0.4, -0.2) is 49.6 Å². The molecule has 1 aliphatic rings. The predicted molar refractivity (Wildman–Crippen MR) is 103 cm³/mol. The molecule has 4 nitrogen and oxygen atoms in total. The Morgan fingerprint density at radius 3 is 2.54 bits per heavy atom. The van der Waals surface area contributed by atoms with E-state index in [4.69, 9.17) is 0 Å². The number of hydrogen-bond acceptors (Lipinski definition) is 3. The number of amides is 1. The molecule has 1 aromatic carbocycles. The third kappa shape index (κ3) is 6.42. The molecule has 5 heteroatoms. The molecule has 1 heterocycles. The summed E-state index contributed by atoms with van der Waals surface area (Å²) in [5.41, 5.74) is 2.80. The molecule has 0 unspecified atom stereocenters. The standard InChI is InChI=1S/C19H31N3O.ClH/c1-15-13-20-11-12-22(15)14-18(23)21-10-9-16-5-7-17(8-6-16)19(2,3)4;/h5-8,15,20H,9-14H2,1-4H3,(H,21,23);1H/t15-;/m1./s1. The Hall–Kier alpha value is -1.10. The maximum atomic E-state index is 12.1. The van der Waals surface area contributed by atoms with Gasteiger partial charge >= 0.3 is 0 Å². The Morgan fingerprint density at radius 1 is 1.29 bits per heavy atom. The van der Waals surface area contributed by atoms with Crippen LogP contribution in [0.25, 0.3) is 0 Å². The maximum absolute atomic E-state index is 12.1. The van der Waals surface area contributed by atoms with Crippen molar-refractivity contribution in [3.05, 3.63) is 35.4 Å². The van der Waals surface area contributed by atoms with Crippen molar-refractivity contribution in [3.8, 4) is 0 Å². The fraction of sp³-hybridized carbons (Fsp3) is 0.632. The van der Waals surface area contributed by atoms with Crippen LogP contribution >= 0.6 is 12.4 Å². The zero-order chi connectivity index (χ0) is 16.9. The minimum absolute atomic E-state index is 0. The Bertz CT molecular complexity index is 510. The normalized spacial score (nSPS) is 18.8. The summed E-state index contributed by atoms with van der Waals surface area (Å²) in [5, 5.41) is 6.39. The Kier molecular flexibility index (Phi) is 8.20. The van der Waals surface area contributed by atoms with Crippen molar-refractivity contribution in [3.63, 3.8) is 0 Å².